The Morgan fingerprint density at radius 1 is 1.47 bits per heavy atom. The van der Waals surface area contributed by atoms with Crippen LogP contribution in [0.25, 0.3) is 0 Å². The van der Waals surface area contributed by atoms with E-state index >= 15 is 0 Å². The van der Waals surface area contributed by atoms with Crippen molar-refractivity contribution in [1.29, 1.82) is 0 Å². The Kier molecular flexibility index (Phi) is 2.87. The van der Waals surface area contributed by atoms with Crippen LogP contribution in [0.2, 0.25) is 0 Å². The van der Waals surface area contributed by atoms with Gasteiger partial charge in [-0.3, -0.25) is 0 Å². The maximum absolute atomic E-state index is 4.41. The van der Waals surface area contributed by atoms with Crippen LogP contribution in [0.5, 0.6) is 0 Å². The minimum absolute atomic E-state index is 0.460. The summed E-state index contributed by atoms with van der Waals surface area (Å²) in [6.07, 6.45) is 6.68. The molecule has 1 aromatic rings. The molecule has 0 bridgehead atoms. The van der Waals surface area contributed by atoms with E-state index in [0.717, 1.165) is 23.8 Å². The van der Waals surface area contributed by atoms with Gasteiger partial charge in [0.15, 0.2) is 0 Å². The van der Waals surface area contributed by atoms with Gasteiger partial charge in [0.2, 0.25) is 5.95 Å². The maximum Gasteiger partial charge on any atom is 0.222 e. The molecule has 15 heavy (non-hydrogen) atoms. The normalized spacial score (nSPS) is 17.5. The molecule has 0 unspecified atom stereocenters. The number of nitrogens with zero attached hydrogens (tertiary/aromatic N) is 2. The summed E-state index contributed by atoms with van der Waals surface area (Å²) in [6.45, 7) is 5.03. The summed E-state index contributed by atoms with van der Waals surface area (Å²) in [5, 5.41) is 3.32. The highest BCUT2D eigenvalue weighted by Gasteiger charge is 2.41. The zero-order valence-corrected chi connectivity index (χ0v) is 10.3. The Hall–Kier alpha value is -0.770. The second kappa shape index (κ2) is 4.00. The van der Waals surface area contributed by atoms with Crippen LogP contribution in [0.1, 0.15) is 24.1 Å². The number of nitrogens with one attached hydrogen (secondary N) is 1. The average Bonchev–Trinajstić information content (AvgIpc) is 3.01. The molecule has 3 nitrogen and oxygen atoms in total. The Balaban J connectivity index is 1.96. The molecule has 0 aromatic carbocycles. The highest BCUT2D eigenvalue weighted by Crippen LogP contribution is 2.46. The van der Waals surface area contributed by atoms with Crippen molar-refractivity contribution in [1.82, 2.24) is 9.97 Å². The van der Waals surface area contributed by atoms with Crippen LogP contribution in [0.15, 0.2) is 6.20 Å². The minimum Gasteiger partial charge on any atom is -0.353 e. The first-order chi connectivity index (χ1) is 7.15. The van der Waals surface area contributed by atoms with Gasteiger partial charge in [0.05, 0.1) is 0 Å². The summed E-state index contributed by atoms with van der Waals surface area (Å²) in [5.74, 6) is 0.762. The number of thioether (sulfide) groups is 1. The van der Waals surface area contributed by atoms with E-state index in [1.165, 1.54) is 12.8 Å². The monoisotopic (exact) mass is 223 g/mol. The van der Waals surface area contributed by atoms with Crippen LogP contribution in [0.4, 0.5) is 5.95 Å². The molecule has 1 aliphatic carbocycles. The lowest BCUT2D eigenvalue weighted by Gasteiger charge is -2.13. The van der Waals surface area contributed by atoms with E-state index in [2.05, 4.69) is 21.5 Å². The third-order valence-corrected chi connectivity index (χ3v) is 4.45. The van der Waals surface area contributed by atoms with Crippen molar-refractivity contribution in [2.24, 2.45) is 0 Å². The van der Waals surface area contributed by atoms with E-state index in [1.54, 1.807) is 0 Å². The van der Waals surface area contributed by atoms with Gasteiger partial charge in [-0.25, -0.2) is 9.97 Å². The highest BCUT2D eigenvalue weighted by atomic mass is 32.2. The van der Waals surface area contributed by atoms with E-state index in [4.69, 9.17) is 0 Å². The van der Waals surface area contributed by atoms with E-state index < -0.39 is 0 Å². The van der Waals surface area contributed by atoms with E-state index in [-0.39, 0.29) is 0 Å². The lowest BCUT2D eigenvalue weighted by Crippen LogP contribution is -2.19. The molecule has 0 spiro atoms. The van der Waals surface area contributed by atoms with Gasteiger partial charge in [-0.2, -0.15) is 11.8 Å². The lowest BCUT2D eigenvalue weighted by atomic mass is 10.3. The molecule has 82 valence electrons. The van der Waals surface area contributed by atoms with Crippen molar-refractivity contribution in [2.45, 2.75) is 31.4 Å². The largest absolute Gasteiger partial charge is 0.353 e. The molecular weight excluding hydrogens is 206 g/mol. The molecule has 1 aliphatic rings. The third kappa shape index (κ3) is 2.43. The first-order valence-corrected chi connectivity index (χ1v) is 6.47. The number of hydrogen-bond donors (Lipinski definition) is 1. The molecule has 1 N–H and O–H groups in total. The van der Waals surface area contributed by atoms with Crippen LogP contribution >= 0.6 is 11.8 Å². The molecular formula is C11H17N3S. The molecule has 1 heterocycles. The first-order valence-electron chi connectivity index (χ1n) is 5.24. The van der Waals surface area contributed by atoms with Gasteiger partial charge < -0.3 is 5.32 Å². The number of anilines is 1. The van der Waals surface area contributed by atoms with Gasteiger partial charge in [0.1, 0.15) is 0 Å². The summed E-state index contributed by atoms with van der Waals surface area (Å²) >= 11 is 1.95. The van der Waals surface area contributed by atoms with Gasteiger partial charge in [-0.15, -0.1) is 0 Å². The summed E-state index contributed by atoms with van der Waals surface area (Å²) in [4.78, 5) is 8.68. The predicted molar refractivity (Wildman–Crippen MR) is 65.5 cm³/mol. The molecule has 0 saturated heterocycles. The van der Waals surface area contributed by atoms with Crippen molar-refractivity contribution >= 4 is 17.7 Å². The SMILES string of the molecule is CSC1(CNc2ncc(C)c(C)n2)CC1. The molecule has 1 aromatic heterocycles. The Bertz CT molecular complexity index is 361. The zero-order chi connectivity index (χ0) is 10.9. The molecule has 0 aliphatic heterocycles. The first kappa shape index (κ1) is 10.7. The zero-order valence-electron chi connectivity index (χ0n) is 9.50. The van der Waals surface area contributed by atoms with Crippen LogP contribution < -0.4 is 5.32 Å². The van der Waals surface area contributed by atoms with Gasteiger partial charge >= 0.3 is 0 Å². The topological polar surface area (TPSA) is 37.8 Å². The number of hydrogen-bond acceptors (Lipinski definition) is 4. The van der Waals surface area contributed by atoms with Gasteiger partial charge in [-0.05, 0) is 38.5 Å². The molecule has 1 fully saturated rings. The number of aryl methyl sites for hydroxylation is 2. The summed E-state index contributed by atoms with van der Waals surface area (Å²) in [6, 6.07) is 0. The minimum atomic E-state index is 0.460. The lowest BCUT2D eigenvalue weighted by molar-refractivity contribution is 0.918. The quantitative estimate of drug-likeness (QED) is 0.850. The Morgan fingerprint density at radius 3 is 2.73 bits per heavy atom. The van der Waals surface area contributed by atoms with Crippen LogP contribution in [0.3, 0.4) is 0 Å². The van der Waals surface area contributed by atoms with Crippen LogP contribution in [-0.4, -0.2) is 27.5 Å². The number of aromatic nitrogens is 2. The number of rotatable bonds is 4. The van der Waals surface area contributed by atoms with Crippen molar-refractivity contribution in [3.8, 4) is 0 Å². The fourth-order valence-electron chi connectivity index (χ4n) is 1.45. The third-order valence-electron chi connectivity index (χ3n) is 3.03. The second-order valence-electron chi connectivity index (χ2n) is 4.20. The Labute approximate surface area is 95.1 Å². The molecule has 0 amide bonds. The van der Waals surface area contributed by atoms with Crippen LogP contribution in [0, 0.1) is 13.8 Å². The molecule has 0 radical (unpaired) electrons. The second-order valence-corrected chi connectivity index (χ2v) is 5.48. The highest BCUT2D eigenvalue weighted by molar-refractivity contribution is 8.00. The van der Waals surface area contributed by atoms with Crippen molar-refractivity contribution in [3.05, 3.63) is 17.5 Å². The fraction of sp³-hybridized carbons (Fsp3) is 0.636. The summed E-state index contributed by atoms with van der Waals surface area (Å²) in [7, 11) is 0. The smallest absolute Gasteiger partial charge is 0.222 e. The van der Waals surface area contributed by atoms with E-state index in [9.17, 15) is 0 Å². The summed E-state index contributed by atoms with van der Waals surface area (Å²) < 4.78 is 0.460. The van der Waals surface area contributed by atoms with E-state index in [0.29, 0.717) is 4.75 Å². The van der Waals surface area contributed by atoms with Crippen molar-refractivity contribution < 1.29 is 0 Å². The fourth-order valence-corrected chi connectivity index (χ4v) is 2.17. The molecule has 0 atom stereocenters. The predicted octanol–water partition coefficient (Wildman–Crippen LogP) is 2.40. The van der Waals surface area contributed by atoms with Crippen molar-refractivity contribution in [2.75, 3.05) is 18.1 Å². The molecule has 2 rings (SSSR count). The average molecular weight is 223 g/mol. The van der Waals surface area contributed by atoms with Gasteiger partial charge in [0.25, 0.3) is 0 Å². The maximum atomic E-state index is 4.41. The van der Waals surface area contributed by atoms with E-state index in [1.807, 2.05) is 31.8 Å². The van der Waals surface area contributed by atoms with Gasteiger partial charge in [0, 0.05) is 23.2 Å². The standard InChI is InChI=1S/C11H17N3S/c1-8-6-12-10(14-9(8)2)13-7-11(15-3)4-5-11/h6H,4-5,7H2,1-3H3,(H,12,13,14). The van der Waals surface area contributed by atoms with Crippen LogP contribution in [-0.2, 0) is 0 Å². The molecule has 4 heteroatoms. The Morgan fingerprint density at radius 2 is 2.20 bits per heavy atom. The summed E-state index contributed by atoms with van der Waals surface area (Å²) in [5.41, 5.74) is 2.20. The van der Waals surface area contributed by atoms with Crippen molar-refractivity contribution in [3.63, 3.8) is 0 Å². The van der Waals surface area contributed by atoms with Gasteiger partial charge in [-0.1, -0.05) is 0 Å². The molecule has 1 saturated carbocycles.